The zero-order valence-electron chi connectivity index (χ0n) is 18.6. The zero-order chi connectivity index (χ0) is 21.6. The van der Waals surface area contributed by atoms with E-state index in [2.05, 4.69) is 30.4 Å². The minimum Gasteiger partial charge on any atom is -0.465 e. The highest BCUT2D eigenvalue weighted by molar-refractivity contribution is 6.95. The van der Waals surface area contributed by atoms with Crippen LogP contribution < -0.4 is 0 Å². The van der Waals surface area contributed by atoms with E-state index >= 15 is 0 Å². The highest BCUT2D eigenvalue weighted by atomic mass is 28.4. The molecule has 7 nitrogen and oxygen atoms in total. The van der Waals surface area contributed by atoms with E-state index in [0.717, 1.165) is 6.54 Å². The Balaban J connectivity index is 3.11. The number of hydrogen-bond acceptors (Lipinski definition) is 7. The molecule has 1 heterocycles. The maximum absolute atomic E-state index is 12.8. The van der Waals surface area contributed by atoms with Crippen molar-refractivity contribution in [3.63, 3.8) is 0 Å². The molecule has 1 fully saturated rings. The Hall–Kier alpha value is -1.20. The Labute approximate surface area is 171 Å². The summed E-state index contributed by atoms with van der Waals surface area (Å²) < 4.78 is 18.0. The molecule has 0 aromatic carbocycles. The van der Waals surface area contributed by atoms with Gasteiger partial charge in [-0.05, 0) is 52.2 Å². The van der Waals surface area contributed by atoms with E-state index in [1.165, 1.54) is 12.1 Å². The van der Waals surface area contributed by atoms with Crippen molar-refractivity contribution < 1.29 is 28.6 Å². The number of ether oxygens (including phenoxy) is 3. The van der Waals surface area contributed by atoms with Gasteiger partial charge < -0.3 is 18.4 Å². The maximum Gasteiger partial charge on any atom is 0.335 e. The summed E-state index contributed by atoms with van der Waals surface area (Å²) in [6.45, 7) is 15.4. The maximum atomic E-state index is 12.8. The van der Waals surface area contributed by atoms with Crippen molar-refractivity contribution in [1.82, 2.24) is 4.23 Å². The van der Waals surface area contributed by atoms with Crippen LogP contribution in [0.1, 0.15) is 33.6 Å². The normalized spacial score (nSPS) is 18.5. The van der Waals surface area contributed by atoms with Crippen LogP contribution >= 0.6 is 0 Å². The van der Waals surface area contributed by atoms with Crippen molar-refractivity contribution in [3.8, 4) is 0 Å². The monoisotopic (exact) mass is 431 g/mol. The smallest absolute Gasteiger partial charge is 0.335 e. The van der Waals surface area contributed by atoms with Crippen LogP contribution in [0.15, 0.2) is 0 Å². The number of nitrogens with zero attached hydrogens (tertiary/aromatic N) is 1. The van der Waals surface area contributed by atoms with E-state index in [0.29, 0.717) is 6.42 Å². The van der Waals surface area contributed by atoms with E-state index in [9.17, 15) is 14.4 Å². The SMILES string of the molecule is CCOC(=O)C(CCCN1[Si](C)(C)CC[Si]1(C)C)(C(=O)OCC)C(=O)OCC. The van der Waals surface area contributed by atoms with Crippen LogP contribution in [0.3, 0.4) is 0 Å². The number of hydrogen-bond donors (Lipinski definition) is 0. The Morgan fingerprint density at radius 3 is 1.46 bits per heavy atom. The molecule has 0 N–H and O–H groups in total. The summed E-state index contributed by atoms with van der Waals surface area (Å²) in [4.78, 5) is 38.3. The second-order valence-corrected chi connectivity index (χ2v) is 18.2. The van der Waals surface area contributed by atoms with Gasteiger partial charge in [0.25, 0.3) is 5.41 Å². The molecule has 28 heavy (non-hydrogen) atoms. The average Bonchev–Trinajstić information content (AvgIpc) is 2.81. The average molecular weight is 432 g/mol. The first-order chi connectivity index (χ1) is 13.0. The van der Waals surface area contributed by atoms with Gasteiger partial charge in [0.15, 0.2) is 0 Å². The molecule has 0 bridgehead atoms. The van der Waals surface area contributed by atoms with Crippen LogP contribution in [0.25, 0.3) is 0 Å². The van der Waals surface area contributed by atoms with Crippen LogP contribution in [0.5, 0.6) is 0 Å². The summed E-state index contributed by atoms with van der Waals surface area (Å²) in [6.07, 6.45) is 0.568. The fourth-order valence-electron chi connectivity index (χ4n) is 4.13. The minimum absolute atomic E-state index is 0.0367. The number of carbonyl (C=O) groups is 3. The molecule has 0 radical (unpaired) electrons. The first-order valence-electron chi connectivity index (χ1n) is 10.3. The molecule has 1 rings (SSSR count). The molecule has 0 unspecified atom stereocenters. The van der Waals surface area contributed by atoms with Crippen LogP contribution in [-0.4, -0.2) is 65.0 Å². The first-order valence-corrected chi connectivity index (χ1v) is 16.6. The lowest BCUT2D eigenvalue weighted by atomic mass is 9.83. The third-order valence-corrected chi connectivity index (χ3v) is 16.1. The van der Waals surface area contributed by atoms with Gasteiger partial charge in [0.05, 0.1) is 19.8 Å². The molecular weight excluding hydrogens is 394 g/mol. The molecule has 9 heteroatoms. The zero-order valence-corrected chi connectivity index (χ0v) is 20.6. The Morgan fingerprint density at radius 1 is 0.786 bits per heavy atom. The molecule has 0 amide bonds. The molecular formula is C19H37NO6Si2. The first kappa shape index (κ1) is 24.8. The summed E-state index contributed by atoms with van der Waals surface area (Å²) >= 11 is 0. The molecule has 162 valence electrons. The fourth-order valence-corrected chi connectivity index (χ4v) is 18.3. The van der Waals surface area contributed by atoms with Gasteiger partial charge in [-0.3, -0.25) is 14.4 Å². The Bertz CT molecular complexity index is 517. The molecule has 0 aromatic heterocycles. The van der Waals surface area contributed by atoms with E-state index in [-0.39, 0.29) is 26.2 Å². The summed E-state index contributed by atoms with van der Waals surface area (Å²) in [5, 5.41) is 0. The van der Waals surface area contributed by atoms with E-state index in [1.807, 2.05) is 0 Å². The summed E-state index contributed by atoms with van der Waals surface area (Å²) in [5.74, 6) is -2.62. The van der Waals surface area contributed by atoms with Crippen molar-refractivity contribution in [1.29, 1.82) is 0 Å². The number of esters is 3. The third-order valence-electron chi connectivity index (χ3n) is 5.62. The molecule has 0 aliphatic carbocycles. The van der Waals surface area contributed by atoms with Crippen LogP contribution in [0, 0.1) is 5.41 Å². The number of rotatable bonds is 10. The molecule has 0 spiro atoms. The molecule has 1 aliphatic heterocycles. The van der Waals surface area contributed by atoms with E-state index < -0.39 is 39.8 Å². The van der Waals surface area contributed by atoms with Crippen molar-refractivity contribution in [2.75, 3.05) is 26.4 Å². The second kappa shape index (κ2) is 10.0. The predicted octanol–water partition coefficient (Wildman–Crippen LogP) is 3.17. The Morgan fingerprint density at radius 2 is 1.14 bits per heavy atom. The van der Waals surface area contributed by atoms with Crippen molar-refractivity contribution >= 4 is 34.4 Å². The van der Waals surface area contributed by atoms with Gasteiger partial charge in [0.2, 0.25) is 0 Å². The van der Waals surface area contributed by atoms with Gasteiger partial charge in [-0.25, -0.2) is 0 Å². The predicted molar refractivity (Wildman–Crippen MR) is 113 cm³/mol. The highest BCUT2D eigenvalue weighted by Gasteiger charge is 2.57. The topological polar surface area (TPSA) is 82.1 Å². The molecule has 0 atom stereocenters. The summed E-state index contributed by atoms with van der Waals surface area (Å²) in [6, 6.07) is 2.54. The Kier molecular flexibility index (Phi) is 8.89. The lowest BCUT2D eigenvalue weighted by Gasteiger charge is -2.39. The lowest BCUT2D eigenvalue weighted by Crippen LogP contribution is -2.55. The molecule has 1 saturated heterocycles. The number of carbonyl (C=O) groups excluding carboxylic acids is 3. The van der Waals surface area contributed by atoms with Crippen molar-refractivity contribution in [2.24, 2.45) is 5.41 Å². The quantitative estimate of drug-likeness (QED) is 0.227. The summed E-state index contributed by atoms with van der Waals surface area (Å²) in [7, 11) is -2.96. The molecule has 0 saturated carbocycles. The van der Waals surface area contributed by atoms with E-state index in [1.54, 1.807) is 20.8 Å². The van der Waals surface area contributed by atoms with Crippen LogP contribution in [-0.2, 0) is 28.6 Å². The van der Waals surface area contributed by atoms with Gasteiger partial charge in [-0.1, -0.05) is 26.2 Å². The van der Waals surface area contributed by atoms with Gasteiger partial charge >= 0.3 is 17.9 Å². The van der Waals surface area contributed by atoms with Crippen LogP contribution in [0.4, 0.5) is 0 Å². The van der Waals surface area contributed by atoms with Gasteiger partial charge in [0.1, 0.15) is 16.5 Å². The van der Waals surface area contributed by atoms with E-state index in [4.69, 9.17) is 14.2 Å². The molecule has 1 aliphatic rings. The van der Waals surface area contributed by atoms with Crippen molar-refractivity contribution in [2.45, 2.75) is 71.9 Å². The fraction of sp³-hybridized carbons (Fsp3) is 0.842. The second-order valence-electron chi connectivity index (χ2n) is 8.45. The van der Waals surface area contributed by atoms with Gasteiger partial charge in [0, 0.05) is 0 Å². The minimum atomic E-state index is -2.04. The van der Waals surface area contributed by atoms with Gasteiger partial charge in [-0.15, -0.1) is 0 Å². The lowest BCUT2D eigenvalue weighted by molar-refractivity contribution is -0.184. The standard InChI is InChI=1S/C19H37NO6Si2/c1-8-24-16(21)19(17(22)25-9-2,18(23)26-10-3)12-11-13-20-27(4,5)14-15-28(20,6)7/h8-15H2,1-7H3. The largest absolute Gasteiger partial charge is 0.465 e. The highest BCUT2D eigenvalue weighted by Crippen LogP contribution is 2.38. The summed E-state index contributed by atoms with van der Waals surface area (Å²) in [5.41, 5.74) is -2.04. The molecule has 0 aromatic rings. The third kappa shape index (κ3) is 5.24. The van der Waals surface area contributed by atoms with Gasteiger partial charge in [-0.2, -0.15) is 0 Å². The van der Waals surface area contributed by atoms with Crippen LogP contribution in [0.2, 0.25) is 38.3 Å². The van der Waals surface area contributed by atoms with Crippen molar-refractivity contribution in [3.05, 3.63) is 0 Å².